The molecule has 14 nitrogen and oxygen atoms in total. The number of ether oxygens (including phenoxy) is 3. The van der Waals surface area contributed by atoms with Crippen LogP contribution in [0.25, 0.3) is 45.0 Å². The van der Waals surface area contributed by atoms with E-state index in [4.69, 9.17) is 19.3 Å². The fourth-order valence-corrected chi connectivity index (χ4v) is 6.57. The molecule has 2 aromatic carbocycles. The van der Waals surface area contributed by atoms with Gasteiger partial charge in [0.25, 0.3) is 0 Å². The molecule has 4 aromatic heterocycles. The van der Waals surface area contributed by atoms with E-state index >= 15 is 0 Å². The third-order valence-electron chi connectivity index (χ3n) is 11.4. The smallest absolute Gasteiger partial charge is 0.401 e. The number of alkyl halides is 6. The van der Waals surface area contributed by atoms with Gasteiger partial charge in [-0.2, -0.15) is 36.5 Å². The van der Waals surface area contributed by atoms with Gasteiger partial charge in [0.2, 0.25) is 11.8 Å². The molecule has 342 valence electrons. The van der Waals surface area contributed by atoms with Crippen LogP contribution >= 0.6 is 0 Å². The number of pyridine rings is 2. The van der Waals surface area contributed by atoms with Crippen molar-refractivity contribution in [2.75, 3.05) is 20.3 Å². The average molecular weight is 907 g/mol. The van der Waals surface area contributed by atoms with Gasteiger partial charge in [0, 0.05) is 46.8 Å². The van der Waals surface area contributed by atoms with Crippen LogP contribution in [0.4, 0.5) is 26.3 Å². The molecule has 3 N–H and O–H groups in total. The van der Waals surface area contributed by atoms with Crippen LogP contribution in [0.1, 0.15) is 65.0 Å². The molecule has 0 radical (unpaired) electrons. The zero-order chi connectivity index (χ0) is 47.0. The van der Waals surface area contributed by atoms with Crippen molar-refractivity contribution in [3.8, 4) is 56.8 Å². The van der Waals surface area contributed by atoms with Crippen molar-refractivity contribution >= 4 is 11.9 Å². The van der Waals surface area contributed by atoms with E-state index in [9.17, 15) is 35.9 Å². The van der Waals surface area contributed by atoms with Crippen molar-refractivity contribution in [2.24, 2.45) is 10.8 Å². The number of aromatic nitrogens is 8. The third kappa shape index (κ3) is 9.80. The number of carbonyl (C=O) groups is 2. The van der Waals surface area contributed by atoms with E-state index in [0.717, 1.165) is 22.3 Å². The molecule has 0 saturated heterocycles. The number of esters is 1. The molecule has 6 aromatic rings. The second-order valence-electron chi connectivity index (χ2n) is 17.2. The Bertz CT molecular complexity index is 2620. The molecule has 2 aliphatic rings. The number of hydrogen-bond acceptors (Lipinski definition) is 11. The summed E-state index contributed by atoms with van der Waals surface area (Å²) in [6, 6.07) is 21.2. The fourth-order valence-electron chi connectivity index (χ4n) is 6.57. The zero-order valence-electron chi connectivity index (χ0n) is 35.8. The first-order chi connectivity index (χ1) is 30.6. The Morgan fingerprint density at radius 3 is 1.25 bits per heavy atom. The van der Waals surface area contributed by atoms with Crippen molar-refractivity contribution in [3.05, 3.63) is 96.8 Å². The normalized spacial score (nSPS) is 15.3. The molecule has 2 saturated carbocycles. The number of methoxy groups -OCH3 is 1. The van der Waals surface area contributed by atoms with Gasteiger partial charge in [0.05, 0.1) is 17.9 Å². The molecule has 2 fully saturated rings. The van der Waals surface area contributed by atoms with Gasteiger partial charge in [0.1, 0.15) is 35.7 Å². The molecule has 0 spiro atoms. The zero-order valence-corrected chi connectivity index (χ0v) is 35.8. The molecule has 8 rings (SSSR count). The van der Waals surface area contributed by atoms with E-state index in [1.54, 1.807) is 94.7 Å². The molecule has 65 heavy (non-hydrogen) atoms. The number of rotatable bonds is 14. The number of carboxylic acids is 1. The van der Waals surface area contributed by atoms with Crippen LogP contribution in [-0.2, 0) is 25.2 Å². The number of carboxylic acid groups (broad SMARTS) is 1. The highest BCUT2D eigenvalue weighted by molar-refractivity contribution is 5.76. The molecule has 0 amide bonds. The average Bonchev–Trinajstić information content (AvgIpc) is 4.18. The lowest BCUT2D eigenvalue weighted by Gasteiger charge is -2.21. The lowest BCUT2D eigenvalue weighted by atomic mass is 9.95. The van der Waals surface area contributed by atoms with Crippen LogP contribution in [0.2, 0.25) is 0 Å². The van der Waals surface area contributed by atoms with Gasteiger partial charge in [-0.05, 0) is 76.6 Å². The predicted octanol–water partition coefficient (Wildman–Crippen LogP) is 9.32. The topological polar surface area (TPSA) is 191 Å². The minimum atomic E-state index is -4.35. The van der Waals surface area contributed by atoms with Crippen LogP contribution in [0.15, 0.2) is 85.2 Å². The number of benzene rings is 2. The van der Waals surface area contributed by atoms with Gasteiger partial charge >= 0.3 is 24.3 Å². The highest BCUT2D eigenvalue weighted by atomic mass is 19.4. The van der Waals surface area contributed by atoms with Crippen LogP contribution in [-0.4, -0.2) is 90.1 Å². The van der Waals surface area contributed by atoms with Gasteiger partial charge in [-0.15, -0.1) is 0 Å². The van der Waals surface area contributed by atoms with E-state index in [1.807, 2.05) is 18.2 Å². The Morgan fingerprint density at radius 2 is 0.938 bits per heavy atom. The number of hydrogen-bond donors (Lipinski definition) is 3. The highest BCUT2D eigenvalue weighted by Gasteiger charge is 2.67. The summed E-state index contributed by atoms with van der Waals surface area (Å²) in [5.74, 6) is -0.487. The van der Waals surface area contributed by atoms with Crippen LogP contribution in [0.5, 0.6) is 11.8 Å². The lowest BCUT2D eigenvalue weighted by Crippen LogP contribution is -2.32. The van der Waals surface area contributed by atoms with Crippen molar-refractivity contribution in [1.29, 1.82) is 0 Å². The molecule has 2 aliphatic carbocycles. The first-order valence-electron chi connectivity index (χ1n) is 20.3. The molecule has 4 heterocycles. The Labute approximate surface area is 368 Å². The molecule has 0 atom stereocenters. The van der Waals surface area contributed by atoms with Crippen LogP contribution < -0.4 is 9.47 Å². The maximum absolute atomic E-state index is 13.3. The first-order valence-corrected chi connectivity index (χ1v) is 20.3. The molecule has 0 unspecified atom stereocenters. The quantitative estimate of drug-likeness (QED) is 0.0695. The molecule has 0 bridgehead atoms. The minimum Gasteiger partial charge on any atom is -0.481 e. The summed E-state index contributed by atoms with van der Waals surface area (Å²) >= 11 is 0. The number of aliphatic carboxylic acids is 1. The van der Waals surface area contributed by atoms with Crippen molar-refractivity contribution in [1.82, 2.24) is 40.3 Å². The van der Waals surface area contributed by atoms with Crippen molar-refractivity contribution in [3.63, 3.8) is 0 Å². The number of nitrogens with zero attached hydrogens (tertiary/aromatic N) is 6. The summed E-state index contributed by atoms with van der Waals surface area (Å²) in [7, 11) is 1.33. The number of H-pyrrole nitrogens is 2. The summed E-state index contributed by atoms with van der Waals surface area (Å²) in [4.78, 5) is 39.6. The summed E-state index contributed by atoms with van der Waals surface area (Å²) in [6.45, 7) is 6.68. The van der Waals surface area contributed by atoms with Crippen LogP contribution in [0, 0.1) is 10.8 Å². The largest absolute Gasteiger partial charge is 0.481 e. The van der Waals surface area contributed by atoms with Crippen LogP contribution in [0.3, 0.4) is 0 Å². The Morgan fingerprint density at radius 1 is 0.585 bits per heavy atom. The SMILES string of the molecule is CC(C)(COc1ccc(-c2ccc(-c3n[nH]c(C4(C(F)(F)F)CC4)n3)cc2)cn1)C(=O)O.COC(=O)C(C)(C)COc1ccc(-c2ccc(-c3n[nH]c(C4(C(F)(F)F)CC4)n3)cc2)cn1. The first kappa shape index (κ1) is 46.1. The maximum Gasteiger partial charge on any atom is 0.401 e. The number of nitrogens with one attached hydrogen (secondary N) is 2. The van der Waals surface area contributed by atoms with Gasteiger partial charge in [0.15, 0.2) is 11.6 Å². The van der Waals surface area contributed by atoms with E-state index in [0.29, 0.717) is 22.9 Å². The molecular formula is C45H44F6N8O6. The van der Waals surface area contributed by atoms with Crippen molar-refractivity contribution in [2.45, 2.75) is 76.6 Å². The van der Waals surface area contributed by atoms with E-state index in [2.05, 4.69) is 40.3 Å². The molecule has 20 heteroatoms. The summed E-state index contributed by atoms with van der Waals surface area (Å²) < 4.78 is 95.6. The Kier molecular flexibility index (Phi) is 12.3. The second-order valence-corrected chi connectivity index (χ2v) is 17.2. The summed E-state index contributed by atoms with van der Waals surface area (Å²) in [5, 5.41) is 22.0. The summed E-state index contributed by atoms with van der Waals surface area (Å²) in [5.41, 5.74) is -1.10. The third-order valence-corrected chi connectivity index (χ3v) is 11.4. The van der Waals surface area contributed by atoms with E-state index in [1.165, 1.54) is 7.11 Å². The van der Waals surface area contributed by atoms with Gasteiger partial charge < -0.3 is 19.3 Å². The number of halogens is 6. The lowest BCUT2D eigenvalue weighted by molar-refractivity contribution is -0.163. The fraction of sp³-hybridized carbons (Fsp3) is 0.378. The monoisotopic (exact) mass is 906 g/mol. The second kappa shape index (κ2) is 17.3. The molecular weight excluding hydrogens is 863 g/mol. The maximum atomic E-state index is 13.3. The van der Waals surface area contributed by atoms with E-state index in [-0.39, 0.29) is 68.2 Å². The van der Waals surface area contributed by atoms with Gasteiger partial charge in [-0.1, -0.05) is 48.5 Å². The van der Waals surface area contributed by atoms with Gasteiger partial charge in [-0.3, -0.25) is 19.8 Å². The minimum absolute atomic E-state index is 0.0162. The van der Waals surface area contributed by atoms with E-state index < -0.39 is 40.0 Å². The Hall–Kier alpha value is -6.86. The standard InChI is InChI=1S/C23H23F3N4O3.C22H21F3N4O3/c1-21(2,20(31)32-3)13-33-17-9-8-16(12-27-17)14-4-6-15(7-5-14)18-28-19(30-29-18)22(10-11-22)23(24,25)26;1-20(2,19(30)31)12-32-16-8-7-15(11-26-16)13-3-5-14(6-4-13)17-27-18(29-28-17)21(9-10-21)22(23,24)25/h4-9,12H,10-11,13H2,1-3H3,(H,28,29,30);3-8,11H,9-10,12H2,1-2H3,(H,30,31)(H,27,28,29). The predicted molar refractivity (Wildman–Crippen MR) is 222 cm³/mol. The highest BCUT2D eigenvalue weighted by Crippen LogP contribution is 2.59. The molecule has 0 aliphatic heterocycles. The van der Waals surface area contributed by atoms with Gasteiger partial charge in [-0.25, -0.2) is 19.9 Å². The summed E-state index contributed by atoms with van der Waals surface area (Å²) in [6.07, 6.45) is -5.36. The number of aromatic amines is 2. The Balaban J connectivity index is 0.000000194. The number of carbonyl (C=O) groups excluding carboxylic acids is 1. The van der Waals surface area contributed by atoms with Crippen molar-refractivity contribution < 1.29 is 55.2 Å².